The molecule has 1 amide bonds. The maximum absolute atomic E-state index is 12.4. The van der Waals surface area contributed by atoms with E-state index in [0.717, 1.165) is 28.1 Å². The summed E-state index contributed by atoms with van der Waals surface area (Å²) in [5.74, 6) is -0.344. The van der Waals surface area contributed by atoms with Gasteiger partial charge in [0, 0.05) is 0 Å². The van der Waals surface area contributed by atoms with E-state index in [9.17, 15) is 13.2 Å². The maximum Gasteiger partial charge on any atom is 0.241 e. The van der Waals surface area contributed by atoms with Crippen molar-refractivity contribution in [2.75, 3.05) is 17.1 Å². The van der Waals surface area contributed by atoms with Crippen LogP contribution in [0, 0.1) is 6.92 Å². The van der Waals surface area contributed by atoms with Crippen molar-refractivity contribution in [2.24, 2.45) is 0 Å². The molecule has 5 nitrogen and oxygen atoms in total. The van der Waals surface area contributed by atoms with Crippen molar-refractivity contribution >= 4 is 21.6 Å². The van der Waals surface area contributed by atoms with Gasteiger partial charge in [-0.1, -0.05) is 48.9 Å². The molecular formula is C20H26N2O3S. The molecule has 0 fully saturated rings. The highest BCUT2D eigenvalue weighted by molar-refractivity contribution is 7.92. The Balaban J connectivity index is 2.10. The zero-order valence-corrected chi connectivity index (χ0v) is 16.5. The van der Waals surface area contributed by atoms with Crippen LogP contribution in [-0.4, -0.2) is 27.1 Å². The standard InChI is InChI=1S/C20H26N2O3S/c1-5-17-8-10-18(11-9-17)16(3)21-20(23)14-22(26(4,24)25)19-12-6-15(2)7-13-19/h6-13,16H,5,14H2,1-4H3,(H,21,23)/t16-/m0/s1. The van der Waals surface area contributed by atoms with Gasteiger partial charge in [-0.3, -0.25) is 9.10 Å². The van der Waals surface area contributed by atoms with Gasteiger partial charge in [-0.2, -0.15) is 0 Å². The lowest BCUT2D eigenvalue weighted by molar-refractivity contribution is -0.120. The smallest absolute Gasteiger partial charge is 0.241 e. The summed E-state index contributed by atoms with van der Waals surface area (Å²) in [6.07, 6.45) is 2.06. The van der Waals surface area contributed by atoms with Crippen LogP contribution in [0.1, 0.15) is 36.6 Å². The summed E-state index contributed by atoms with van der Waals surface area (Å²) in [6, 6.07) is 14.9. The first-order chi connectivity index (χ1) is 12.2. The molecule has 0 saturated carbocycles. The molecule has 0 aliphatic heterocycles. The van der Waals surface area contributed by atoms with Gasteiger partial charge in [0.2, 0.25) is 15.9 Å². The van der Waals surface area contributed by atoms with Crippen molar-refractivity contribution in [1.82, 2.24) is 5.32 Å². The predicted molar refractivity (Wildman–Crippen MR) is 106 cm³/mol. The van der Waals surface area contributed by atoms with Crippen molar-refractivity contribution in [1.29, 1.82) is 0 Å². The predicted octanol–water partition coefficient (Wildman–Crippen LogP) is 3.20. The number of amides is 1. The molecule has 0 unspecified atom stereocenters. The summed E-state index contributed by atoms with van der Waals surface area (Å²) < 4.78 is 25.4. The molecule has 0 spiro atoms. The first-order valence-corrected chi connectivity index (χ1v) is 10.5. The monoisotopic (exact) mass is 374 g/mol. The highest BCUT2D eigenvalue weighted by atomic mass is 32.2. The van der Waals surface area contributed by atoms with Crippen LogP contribution in [0.15, 0.2) is 48.5 Å². The quantitative estimate of drug-likeness (QED) is 0.809. The maximum atomic E-state index is 12.4. The lowest BCUT2D eigenvalue weighted by Gasteiger charge is -2.23. The van der Waals surface area contributed by atoms with Crippen LogP contribution in [0.2, 0.25) is 0 Å². The third-order valence-corrected chi connectivity index (χ3v) is 5.42. The number of carbonyl (C=O) groups excluding carboxylic acids is 1. The van der Waals surface area contributed by atoms with E-state index in [0.29, 0.717) is 5.69 Å². The largest absolute Gasteiger partial charge is 0.348 e. The number of nitrogens with zero attached hydrogens (tertiary/aromatic N) is 1. The van der Waals surface area contributed by atoms with Gasteiger partial charge in [0.05, 0.1) is 18.0 Å². The van der Waals surface area contributed by atoms with Gasteiger partial charge < -0.3 is 5.32 Å². The van der Waals surface area contributed by atoms with E-state index in [1.807, 2.05) is 50.2 Å². The van der Waals surface area contributed by atoms with Gasteiger partial charge in [-0.05, 0) is 43.5 Å². The number of hydrogen-bond donors (Lipinski definition) is 1. The van der Waals surface area contributed by atoms with Crippen LogP contribution in [0.25, 0.3) is 0 Å². The van der Waals surface area contributed by atoms with Crippen LogP contribution in [0.3, 0.4) is 0 Å². The van der Waals surface area contributed by atoms with E-state index < -0.39 is 10.0 Å². The molecule has 0 heterocycles. The number of sulfonamides is 1. The number of hydrogen-bond acceptors (Lipinski definition) is 3. The van der Waals surface area contributed by atoms with E-state index in [4.69, 9.17) is 0 Å². The molecular weight excluding hydrogens is 348 g/mol. The van der Waals surface area contributed by atoms with Gasteiger partial charge in [0.25, 0.3) is 0 Å². The number of rotatable bonds is 7. The average molecular weight is 375 g/mol. The summed E-state index contributed by atoms with van der Waals surface area (Å²) in [5.41, 5.74) is 3.72. The van der Waals surface area contributed by atoms with Crippen molar-refractivity contribution < 1.29 is 13.2 Å². The number of anilines is 1. The molecule has 2 rings (SSSR count). The fraction of sp³-hybridized carbons (Fsp3) is 0.350. The topological polar surface area (TPSA) is 66.5 Å². The molecule has 6 heteroatoms. The Morgan fingerprint density at radius 2 is 1.65 bits per heavy atom. The number of carbonyl (C=O) groups is 1. The van der Waals surface area contributed by atoms with Crippen molar-refractivity contribution in [2.45, 2.75) is 33.2 Å². The van der Waals surface area contributed by atoms with Gasteiger partial charge in [0.1, 0.15) is 6.54 Å². The molecule has 140 valence electrons. The van der Waals surface area contributed by atoms with E-state index >= 15 is 0 Å². The molecule has 1 N–H and O–H groups in total. The molecule has 2 aromatic carbocycles. The molecule has 1 atom stereocenters. The molecule has 2 aromatic rings. The summed E-state index contributed by atoms with van der Waals surface area (Å²) in [6.45, 7) is 5.65. The lowest BCUT2D eigenvalue weighted by Crippen LogP contribution is -2.41. The SMILES string of the molecule is CCc1ccc([C@H](C)NC(=O)CN(c2ccc(C)cc2)S(C)(=O)=O)cc1. The van der Waals surface area contributed by atoms with E-state index in [-0.39, 0.29) is 18.5 Å². The average Bonchev–Trinajstić information content (AvgIpc) is 2.59. The Bertz CT molecular complexity index is 844. The van der Waals surface area contributed by atoms with Crippen molar-refractivity contribution in [3.8, 4) is 0 Å². The normalized spacial score (nSPS) is 12.5. The van der Waals surface area contributed by atoms with Crippen LogP contribution >= 0.6 is 0 Å². The van der Waals surface area contributed by atoms with Crippen molar-refractivity contribution in [3.05, 3.63) is 65.2 Å². The van der Waals surface area contributed by atoms with E-state index in [1.165, 1.54) is 5.56 Å². The Morgan fingerprint density at radius 1 is 1.08 bits per heavy atom. The summed E-state index contributed by atoms with van der Waals surface area (Å²) in [7, 11) is -3.56. The summed E-state index contributed by atoms with van der Waals surface area (Å²) in [4.78, 5) is 12.4. The molecule has 0 aliphatic rings. The van der Waals surface area contributed by atoms with Crippen LogP contribution in [-0.2, 0) is 21.2 Å². The molecule has 0 aliphatic carbocycles. The minimum atomic E-state index is -3.56. The summed E-state index contributed by atoms with van der Waals surface area (Å²) >= 11 is 0. The van der Waals surface area contributed by atoms with Crippen LogP contribution in [0.4, 0.5) is 5.69 Å². The van der Waals surface area contributed by atoms with Gasteiger partial charge in [0.15, 0.2) is 0 Å². The second-order valence-electron chi connectivity index (χ2n) is 6.49. The van der Waals surface area contributed by atoms with Crippen LogP contribution < -0.4 is 9.62 Å². The third-order valence-electron chi connectivity index (χ3n) is 4.27. The molecule has 0 bridgehead atoms. The first kappa shape index (κ1) is 20.0. The van der Waals surface area contributed by atoms with Crippen LogP contribution in [0.5, 0.6) is 0 Å². The Labute approximate surface area is 156 Å². The third kappa shape index (κ3) is 5.33. The molecule has 0 aromatic heterocycles. The highest BCUT2D eigenvalue weighted by Crippen LogP contribution is 2.19. The highest BCUT2D eigenvalue weighted by Gasteiger charge is 2.21. The number of benzene rings is 2. The fourth-order valence-electron chi connectivity index (χ4n) is 2.65. The van der Waals surface area contributed by atoms with Gasteiger partial charge >= 0.3 is 0 Å². The second kappa shape index (κ2) is 8.36. The molecule has 0 saturated heterocycles. The minimum absolute atomic E-state index is 0.201. The zero-order chi connectivity index (χ0) is 19.3. The fourth-order valence-corrected chi connectivity index (χ4v) is 3.51. The Kier molecular flexibility index (Phi) is 6.42. The minimum Gasteiger partial charge on any atom is -0.348 e. The number of aryl methyl sites for hydroxylation is 2. The first-order valence-electron chi connectivity index (χ1n) is 8.63. The Hall–Kier alpha value is -2.34. The Morgan fingerprint density at radius 3 is 2.15 bits per heavy atom. The second-order valence-corrected chi connectivity index (χ2v) is 8.40. The van der Waals surface area contributed by atoms with E-state index in [2.05, 4.69) is 12.2 Å². The van der Waals surface area contributed by atoms with E-state index in [1.54, 1.807) is 12.1 Å². The lowest BCUT2D eigenvalue weighted by atomic mass is 10.1. The van der Waals surface area contributed by atoms with Crippen molar-refractivity contribution in [3.63, 3.8) is 0 Å². The zero-order valence-electron chi connectivity index (χ0n) is 15.7. The van der Waals surface area contributed by atoms with Gasteiger partial charge in [-0.25, -0.2) is 8.42 Å². The molecule has 0 radical (unpaired) electrons. The summed E-state index contributed by atoms with van der Waals surface area (Å²) in [5, 5.41) is 2.87. The molecule has 26 heavy (non-hydrogen) atoms. The van der Waals surface area contributed by atoms with Gasteiger partial charge in [-0.15, -0.1) is 0 Å². The number of nitrogens with one attached hydrogen (secondary N) is 1.